The molecule has 0 radical (unpaired) electrons. The van der Waals surface area contributed by atoms with E-state index in [4.69, 9.17) is 40.0 Å². The molecule has 0 aliphatic carbocycles. The van der Waals surface area contributed by atoms with Gasteiger partial charge in [0.25, 0.3) is 0 Å². The molecule has 39 heavy (non-hydrogen) atoms. The van der Waals surface area contributed by atoms with Gasteiger partial charge >= 0.3 is 23.9 Å². The van der Waals surface area contributed by atoms with Crippen molar-refractivity contribution in [2.45, 2.75) is 65.1 Å². The van der Waals surface area contributed by atoms with Gasteiger partial charge in [-0.2, -0.15) is 0 Å². The number of halogens is 1. The molecule has 1 aliphatic rings. The SMILES string of the molecule is CCOc1ccc(-c2cc([C@@H]3O[C@H](COC(C)=O)[C@@H](OC(C)=O)[C@H](OC(C)=O)[C@H]3OC(C)=O)ccc2Cl)cc1. The Morgan fingerprint density at radius 3 is 1.95 bits per heavy atom. The molecule has 1 aliphatic heterocycles. The average Bonchev–Trinajstić information content (AvgIpc) is 2.86. The van der Waals surface area contributed by atoms with Crippen LogP contribution in [0.2, 0.25) is 5.02 Å². The van der Waals surface area contributed by atoms with Crippen LogP contribution in [-0.4, -0.2) is 61.5 Å². The quantitative estimate of drug-likeness (QED) is 0.324. The normalized spacial score (nSPS) is 22.4. The Bertz CT molecular complexity index is 1200. The van der Waals surface area contributed by atoms with Crippen LogP contribution in [0, 0.1) is 0 Å². The van der Waals surface area contributed by atoms with Gasteiger partial charge < -0.3 is 28.4 Å². The van der Waals surface area contributed by atoms with E-state index in [0.717, 1.165) is 5.56 Å². The van der Waals surface area contributed by atoms with E-state index in [1.807, 2.05) is 31.2 Å². The molecule has 0 unspecified atom stereocenters. The van der Waals surface area contributed by atoms with Crippen LogP contribution in [0.1, 0.15) is 46.3 Å². The third-order valence-corrected chi connectivity index (χ3v) is 6.12. The first kappa shape index (κ1) is 29.9. The number of benzene rings is 2. The zero-order chi connectivity index (χ0) is 28.7. The largest absolute Gasteiger partial charge is 0.494 e. The summed E-state index contributed by atoms with van der Waals surface area (Å²) in [5, 5.41) is 0.452. The van der Waals surface area contributed by atoms with Gasteiger partial charge in [-0.15, -0.1) is 0 Å². The molecule has 0 bridgehead atoms. The monoisotopic (exact) mass is 562 g/mol. The zero-order valence-corrected chi connectivity index (χ0v) is 23.1. The van der Waals surface area contributed by atoms with E-state index in [-0.39, 0.29) is 6.61 Å². The van der Waals surface area contributed by atoms with E-state index in [9.17, 15) is 19.2 Å². The van der Waals surface area contributed by atoms with Crippen molar-refractivity contribution >= 4 is 35.5 Å². The summed E-state index contributed by atoms with van der Waals surface area (Å²) in [6.45, 7) is 6.86. The highest BCUT2D eigenvalue weighted by atomic mass is 35.5. The Hall–Kier alpha value is -3.63. The summed E-state index contributed by atoms with van der Waals surface area (Å²) in [6, 6.07) is 12.4. The van der Waals surface area contributed by atoms with E-state index >= 15 is 0 Å². The molecular weight excluding hydrogens is 532 g/mol. The third-order valence-electron chi connectivity index (χ3n) is 5.79. The van der Waals surface area contributed by atoms with Gasteiger partial charge in [0.2, 0.25) is 0 Å². The second-order valence-corrected chi connectivity index (χ2v) is 9.22. The summed E-state index contributed by atoms with van der Waals surface area (Å²) in [7, 11) is 0. The van der Waals surface area contributed by atoms with Crippen LogP contribution in [0.5, 0.6) is 5.75 Å². The summed E-state index contributed by atoms with van der Waals surface area (Å²) < 4.78 is 33.5. The van der Waals surface area contributed by atoms with E-state index < -0.39 is 54.4 Å². The van der Waals surface area contributed by atoms with Crippen molar-refractivity contribution in [2.75, 3.05) is 13.2 Å². The average molecular weight is 563 g/mol. The molecule has 0 N–H and O–H groups in total. The summed E-state index contributed by atoms with van der Waals surface area (Å²) >= 11 is 6.54. The fourth-order valence-electron chi connectivity index (χ4n) is 4.34. The van der Waals surface area contributed by atoms with E-state index in [0.29, 0.717) is 28.5 Å². The second-order valence-electron chi connectivity index (χ2n) is 8.82. The minimum absolute atomic E-state index is 0.312. The van der Waals surface area contributed by atoms with Crippen LogP contribution in [0.4, 0.5) is 0 Å². The first-order chi connectivity index (χ1) is 18.5. The maximum Gasteiger partial charge on any atom is 0.303 e. The molecule has 1 heterocycles. The van der Waals surface area contributed by atoms with Gasteiger partial charge in [-0.1, -0.05) is 29.8 Å². The van der Waals surface area contributed by atoms with Gasteiger partial charge in [-0.3, -0.25) is 19.2 Å². The molecule has 2 aromatic carbocycles. The van der Waals surface area contributed by atoms with Crippen molar-refractivity contribution in [1.82, 2.24) is 0 Å². The fraction of sp³-hybridized carbons (Fsp3) is 0.429. The molecule has 5 atom stereocenters. The number of hydrogen-bond donors (Lipinski definition) is 0. The Morgan fingerprint density at radius 1 is 0.795 bits per heavy atom. The second kappa shape index (κ2) is 13.4. The molecule has 2 aromatic rings. The molecule has 0 amide bonds. The lowest BCUT2D eigenvalue weighted by Crippen LogP contribution is -2.59. The van der Waals surface area contributed by atoms with E-state index in [2.05, 4.69) is 0 Å². The van der Waals surface area contributed by atoms with Crippen LogP contribution in [0.3, 0.4) is 0 Å². The van der Waals surface area contributed by atoms with Crippen molar-refractivity contribution in [3.05, 3.63) is 53.1 Å². The van der Waals surface area contributed by atoms with Gasteiger partial charge in [0.05, 0.1) is 6.61 Å². The summed E-state index contributed by atoms with van der Waals surface area (Å²) in [6.07, 6.45) is -5.77. The van der Waals surface area contributed by atoms with Crippen LogP contribution < -0.4 is 4.74 Å². The van der Waals surface area contributed by atoms with Gasteiger partial charge in [0, 0.05) is 38.3 Å². The highest BCUT2D eigenvalue weighted by Crippen LogP contribution is 2.40. The Labute approximate surface area is 231 Å². The summed E-state index contributed by atoms with van der Waals surface area (Å²) in [4.78, 5) is 47.8. The molecule has 210 valence electrons. The van der Waals surface area contributed by atoms with Gasteiger partial charge in [0.1, 0.15) is 24.6 Å². The number of carbonyl (C=O) groups is 4. The fourth-order valence-corrected chi connectivity index (χ4v) is 4.56. The van der Waals surface area contributed by atoms with Crippen molar-refractivity contribution in [2.24, 2.45) is 0 Å². The highest BCUT2D eigenvalue weighted by molar-refractivity contribution is 6.33. The lowest BCUT2D eigenvalue weighted by molar-refractivity contribution is -0.254. The Morgan fingerprint density at radius 2 is 1.38 bits per heavy atom. The van der Waals surface area contributed by atoms with Crippen LogP contribution in [0.15, 0.2) is 42.5 Å². The standard InChI is InChI=1S/C28H31ClO10/c1-6-34-21-10-7-19(8-11-21)22-13-20(9-12-23(22)29)25-27(37-17(4)32)28(38-18(5)33)26(36-16(3)31)24(39-25)14-35-15(2)30/h7-13,24-28H,6,14H2,1-5H3/t24-,25+,26-,27+,28+/m1/s1. The van der Waals surface area contributed by atoms with Crippen molar-refractivity contribution < 1.29 is 47.6 Å². The number of carbonyl (C=O) groups excluding carboxylic acids is 4. The predicted molar refractivity (Wildman–Crippen MR) is 139 cm³/mol. The lowest BCUT2D eigenvalue weighted by atomic mass is 9.89. The Kier molecular flexibility index (Phi) is 10.3. The zero-order valence-electron chi connectivity index (χ0n) is 22.3. The molecule has 0 spiro atoms. The molecule has 11 heteroatoms. The number of esters is 4. The number of rotatable bonds is 9. The molecule has 1 fully saturated rings. The maximum atomic E-state index is 12.1. The van der Waals surface area contributed by atoms with Crippen molar-refractivity contribution in [3.8, 4) is 16.9 Å². The molecule has 0 saturated carbocycles. The first-order valence-corrected chi connectivity index (χ1v) is 12.7. The summed E-state index contributed by atoms with van der Waals surface area (Å²) in [5.41, 5.74) is 1.97. The topological polar surface area (TPSA) is 124 Å². The van der Waals surface area contributed by atoms with E-state index in [1.165, 1.54) is 27.7 Å². The van der Waals surface area contributed by atoms with Crippen LogP contribution in [-0.2, 0) is 42.9 Å². The first-order valence-electron chi connectivity index (χ1n) is 12.3. The minimum Gasteiger partial charge on any atom is -0.494 e. The maximum absolute atomic E-state index is 12.1. The van der Waals surface area contributed by atoms with Gasteiger partial charge in [-0.05, 0) is 42.3 Å². The third kappa shape index (κ3) is 7.93. The molecule has 10 nitrogen and oxygen atoms in total. The van der Waals surface area contributed by atoms with Crippen molar-refractivity contribution in [3.63, 3.8) is 0 Å². The number of hydrogen-bond acceptors (Lipinski definition) is 10. The van der Waals surface area contributed by atoms with Gasteiger partial charge in [-0.25, -0.2) is 0 Å². The number of ether oxygens (including phenoxy) is 6. The Balaban J connectivity index is 2.10. The summed E-state index contributed by atoms with van der Waals surface area (Å²) in [5.74, 6) is -1.96. The highest BCUT2D eigenvalue weighted by Gasteiger charge is 2.52. The smallest absolute Gasteiger partial charge is 0.303 e. The van der Waals surface area contributed by atoms with Crippen molar-refractivity contribution in [1.29, 1.82) is 0 Å². The van der Waals surface area contributed by atoms with Crippen LogP contribution in [0.25, 0.3) is 11.1 Å². The van der Waals surface area contributed by atoms with E-state index in [1.54, 1.807) is 18.2 Å². The minimum atomic E-state index is -1.26. The molecule has 3 rings (SSSR count). The van der Waals surface area contributed by atoms with Gasteiger partial charge in [0.15, 0.2) is 18.3 Å². The van der Waals surface area contributed by atoms with Crippen LogP contribution >= 0.6 is 11.6 Å². The molecular formula is C28H31ClO10. The lowest BCUT2D eigenvalue weighted by Gasteiger charge is -2.44. The molecule has 1 saturated heterocycles. The molecule has 0 aromatic heterocycles. The predicted octanol–water partition coefficient (Wildman–Crippen LogP) is 4.20.